The molecule has 0 radical (unpaired) electrons. The highest BCUT2D eigenvalue weighted by molar-refractivity contribution is 5.59. The first-order valence-corrected chi connectivity index (χ1v) is 5.46. The average Bonchev–Trinajstić information content (AvgIpc) is 2.75. The van der Waals surface area contributed by atoms with Gasteiger partial charge in [0, 0.05) is 13.1 Å². The van der Waals surface area contributed by atoms with Crippen molar-refractivity contribution >= 4 is 0 Å². The fourth-order valence-electron chi connectivity index (χ4n) is 1.74. The summed E-state index contributed by atoms with van der Waals surface area (Å²) in [5.41, 5.74) is 3.64. The standard InChI is InChI=1S/C13H17N3/c1-10(14-2)11-4-6-12(7-5-11)13-8-15-9-16(13)3/h4-10,14H,1-3H3. The summed E-state index contributed by atoms with van der Waals surface area (Å²) in [5, 5.41) is 3.23. The van der Waals surface area contributed by atoms with E-state index in [2.05, 4.69) is 41.5 Å². The minimum Gasteiger partial charge on any atom is -0.334 e. The summed E-state index contributed by atoms with van der Waals surface area (Å²) in [5.74, 6) is 0. The minimum absolute atomic E-state index is 0.389. The SMILES string of the molecule is CNC(C)c1ccc(-c2cncn2C)cc1. The van der Waals surface area contributed by atoms with E-state index in [0.717, 1.165) is 5.69 Å². The summed E-state index contributed by atoms with van der Waals surface area (Å²) in [7, 11) is 3.98. The first kappa shape index (κ1) is 10.9. The second-order valence-electron chi connectivity index (χ2n) is 4.02. The van der Waals surface area contributed by atoms with Crippen LogP contribution in [0.3, 0.4) is 0 Å². The summed E-state index contributed by atoms with van der Waals surface area (Å²) >= 11 is 0. The average molecular weight is 215 g/mol. The smallest absolute Gasteiger partial charge is 0.0948 e. The Morgan fingerprint density at radius 2 is 1.94 bits per heavy atom. The van der Waals surface area contributed by atoms with Gasteiger partial charge in [-0.05, 0) is 25.1 Å². The highest BCUT2D eigenvalue weighted by Crippen LogP contribution is 2.20. The Morgan fingerprint density at radius 3 is 2.44 bits per heavy atom. The molecule has 0 aliphatic carbocycles. The van der Waals surface area contributed by atoms with Crippen molar-refractivity contribution in [3.63, 3.8) is 0 Å². The number of aromatic nitrogens is 2. The summed E-state index contributed by atoms with van der Waals surface area (Å²) < 4.78 is 2.02. The summed E-state index contributed by atoms with van der Waals surface area (Å²) in [6.07, 6.45) is 3.70. The quantitative estimate of drug-likeness (QED) is 0.851. The van der Waals surface area contributed by atoms with Crippen LogP contribution in [-0.4, -0.2) is 16.6 Å². The normalized spacial score (nSPS) is 12.7. The fraction of sp³-hybridized carbons (Fsp3) is 0.308. The maximum absolute atomic E-state index is 4.12. The van der Waals surface area contributed by atoms with Gasteiger partial charge in [-0.25, -0.2) is 4.98 Å². The van der Waals surface area contributed by atoms with Crippen LogP contribution < -0.4 is 5.32 Å². The first-order valence-electron chi connectivity index (χ1n) is 5.46. The second-order valence-corrected chi connectivity index (χ2v) is 4.02. The number of hydrogen-bond donors (Lipinski definition) is 1. The zero-order chi connectivity index (χ0) is 11.5. The monoisotopic (exact) mass is 215 g/mol. The molecular formula is C13H17N3. The number of benzene rings is 1. The van der Waals surface area contributed by atoms with E-state index >= 15 is 0 Å². The molecule has 84 valence electrons. The van der Waals surface area contributed by atoms with Gasteiger partial charge in [0.1, 0.15) is 0 Å². The molecule has 1 heterocycles. The van der Waals surface area contributed by atoms with E-state index in [4.69, 9.17) is 0 Å². The van der Waals surface area contributed by atoms with Gasteiger partial charge in [0.05, 0.1) is 18.2 Å². The van der Waals surface area contributed by atoms with E-state index in [9.17, 15) is 0 Å². The van der Waals surface area contributed by atoms with E-state index < -0.39 is 0 Å². The highest BCUT2D eigenvalue weighted by atomic mass is 15.0. The van der Waals surface area contributed by atoms with Crippen LogP contribution in [0.2, 0.25) is 0 Å². The van der Waals surface area contributed by atoms with Crippen molar-refractivity contribution in [2.75, 3.05) is 7.05 Å². The Labute approximate surface area is 96.1 Å². The molecule has 0 fully saturated rings. The zero-order valence-corrected chi connectivity index (χ0v) is 9.94. The van der Waals surface area contributed by atoms with Crippen LogP contribution in [0.5, 0.6) is 0 Å². The van der Waals surface area contributed by atoms with Crippen molar-refractivity contribution in [1.82, 2.24) is 14.9 Å². The number of hydrogen-bond acceptors (Lipinski definition) is 2. The Balaban J connectivity index is 2.30. The van der Waals surface area contributed by atoms with Crippen LogP contribution in [0.4, 0.5) is 0 Å². The Hall–Kier alpha value is -1.61. The van der Waals surface area contributed by atoms with Crippen molar-refractivity contribution in [2.45, 2.75) is 13.0 Å². The van der Waals surface area contributed by atoms with Gasteiger partial charge in [-0.2, -0.15) is 0 Å². The Kier molecular flexibility index (Phi) is 3.06. The molecule has 1 atom stereocenters. The van der Waals surface area contributed by atoms with E-state index in [0.29, 0.717) is 6.04 Å². The molecule has 2 rings (SSSR count). The van der Waals surface area contributed by atoms with Gasteiger partial charge in [-0.15, -0.1) is 0 Å². The zero-order valence-electron chi connectivity index (χ0n) is 9.94. The number of imidazole rings is 1. The van der Waals surface area contributed by atoms with Gasteiger partial charge < -0.3 is 9.88 Å². The molecule has 2 aromatic rings. The number of nitrogens with one attached hydrogen (secondary N) is 1. The summed E-state index contributed by atoms with van der Waals surface area (Å²) in [4.78, 5) is 4.12. The lowest BCUT2D eigenvalue weighted by atomic mass is 10.1. The topological polar surface area (TPSA) is 29.9 Å². The summed E-state index contributed by atoms with van der Waals surface area (Å²) in [6, 6.07) is 8.98. The van der Waals surface area contributed by atoms with Crippen LogP contribution in [0.25, 0.3) is 11.3 Å². The number of aryl methyl sites for hydroxylation is 1. The molecule has 0 aliphatic heterocycles. The van der Waals surface area contributed by atoms with Crippen LogP contribution in [-0.2, 0) is 7.05 Å². The maximum Gasteiger partial charge on any atom is 0.0948 e. The molecule has 0 aliphatic rings. The second kappa shape index (κ2) is 4.49. The molecule has 3 heteroatoms. The van der Waals surface area contributed by atoms with Gasteiger partial charge >= 0.3 is 0 Å². The van der Waals surface area contributed by atoms with Gasteiger partial charge in [0.2, 0.25) is 0 Å². The van der Waals surface area contributed by atoms with Crippen LogP contribution in [0, 0.1) is 0 Å². The van der Waals surface area contributed by atoms with Crippen molar-refractivity contribution in [3.8, 4) is 11.3 Å². The van der Waals surface area contributed by atoms with Crippen LogP contribution >= 0.6 is 0 Å². The minimum atomic E-state index is 0.389. The third kappa shape index (κ3) is 1.99. The molecule has 0 amide bonds. The Morgan fingerprint density at radius 1 is 1.25 bits per heavy atom. The largest absolute Gasteiger partial charge is 0.334 e. The fourth-order valence-corrected chi connectivity index (χ4v) is 1.74. The molecule has 1 aromatic carbocycles. The number of rotatable bonds is 3. The lowest BCUT2D eigenvalue weighted by Crippen LogP contribution is -2.11. The molecule has 0 spiro atoms. The predicted molar refractivity (Wildman–Crippen MR) is 66.1 cm³/mol. The Bertz CT molecular complexity index is 456. The molecule has 0 saturated carbocycles. The number of nitrogens with zero attached hydrogens (tertiary/aromatic N) is 2. The molecule has 16 heavy (non-hydrogen) atoms. The van der Waals surface area contributed by atoms with Crippen molar-refractivity contribution in [2.24, 2.45) is 7.05 Å². The molecular weight excluding hydrogens is 198 g/mol. The van der Waals surface area contributed by atoms with E-state index in [1.807, 2.05) is 31.2 Å². The van der Waals surface area contributed by atoms with E-state index in [1.54, 1.807) is 0 Å². The molecule has 1 aromatic heterocycles. The van der Waals surface area contributed by atoms with Gasteiger partial charge in [-0.3, -0.25) is 0 Å². The van der Waals surface area contributed by atoms with Crippen LogP contribution in [0.1, 0.15) is 18.5 Å². The van der Waals surface area contributed by atoms with Crippen molar-refractivity contribution < 1.29 is 0 Å². The molecule has 3 nitrogen and oxygen atoms in total. The molecule has 1 unspecified atom stereocenters. The molecule has 0 saturated heterocycles. The van der Waals surface area contributed by atoms with Gasteiger partial charge in [-0.1, -0.05) is 24.3 Å². The predicted octanol–water partition coefficient (Wildman–Crippen LogP) is 2.37. The van der Waals surface area contributed by atoms with Gasteiger partial charge in [0.25, 0.3) is 0 Å². The first-order chi connectivity index (χ1) is 7.72. The third-order valence-corrected chi connectivity index (χ3v) is 2.96. The van der Waals surface area contributed by atoms with E-state index in [-0.39, 0.29) is 0 Å². The van der Waals surface area contributed by atoms with Crippen molar-refractivity contribution in [3.05, 3.63) is 42.4 Å². The van der Waals surface area contributed by atoms with Crippen molar-refractivity contribution in [1.29, 1.82) is 0 Å². The lowest BCUT2D eigenvalue weighted by Gasteiger charge is -2.11. The highest BCUT2D eigenvalue weighted by Gasteiger charge is 2.04. The summed E-state index contributed by atoms with van der Waals surface area (Å²) in [6.45, 7) is 2.15. The molecule has 1 N–H and O–H groups in total. The third-order valence-electron chi connectivity index (χ3n) is 2.96. The molecule has 0 bridgehead atoms. The van der Waals surface area contributed by atoms with E-state index in [1.165, 1.54) is 11.1 Å². The lowest BCUT2D eigenvalue weighted by molar-refractivity contribution is 0.652. The van der Waals surface area contributed by atoms with Gasteiger partial charge in [0.15, 0.2) is 0 Å². The van der Waals surface area contributed by atoms with Crippen LogP contribution in [0.15, 0.2) is 36.8 Å². The maximum atomic E-state index is 4.12.